The summed E-state index contributed by atoms with van der Waals surface area (Å²) in [5, 5.41) is 11.4. The molecule has 0 heterocycles. The zero-order chi connectivity index (χ0) is 12.9. The van der Waals surface area contributed by atoms with Crippen molar-refractivity contribution < 1.29 is 22.9 Å². The minimum absolute atomic E-state index is 0.350. The van der Waals surface area contributed by atoms with Crippen LogP contribution >= 0.6 is 0 Å². The molecule has 6 heteroatoms. The summed E-state index contributed by atoms with van der Waals surface area (Å²) in [7, 11) is -4.34. The Morgan fingerprint density at radius 3 is 2.06 bits per heavy atom. The van der Waals surface area contributed by atoms with E-state index in [-0.39, 0.29) is 0 Å². The lowest BCUT2D eigenvalue weighted by Gasteiger charge is -1.97. The number of phenols is 1. The standard InChI is InChI=1S/C10H8O.CH2O4S/c11-10-7-3-5-8-4-1-2-6-9(8)10;2-1-6(3,4)5/h1-7,11H;1H,(H,3,4,5). The van der Waals surface area contributed by atoms with E-state index in [1.807, 2.05) is 36.4 Å². The van der Waals surface area contributed by atoms with Gasteiger partial charge in [-0.05, 0) is 11.5 Å². The highest BCUT2D eigenvalue weighted by Crippen LogP contribution is 2.22. The Kier molecular flexibility index (Phi) is 4.19. The van der Waals surface area contributed by atoms with Gasteiger partial charge < -0.3 is 5.11 Å². The Morgan fingerprint density at radius 1 is 1.00 bits per heavy atom. The second kappa shape index (κ2) is 5.42. The second-order valence-corrected chi connectivity index (χ2v) is 4.33. The second-order valence-electron chi connectivity index (χ2n) is 3.11. The van der Waals surface area contributed by atoms with Crippen molar-refractivity contribution in [2.24, 2.45) is 0 Å². The number of carbonyl (C=O) groups excluding carboxylic acids is 1. The van der Waals surface area contributed by atoms with Gasteiger partial charge in [0.25, 0.3) is 5.62 Å². The average molecular weight is 254 g/mol. The van der Waals surface area contributed by atoms with Gasteiger partial charge in [0.1, 0.15) is 5.75 Å². The highest BCUT2D eigenvalue weighted by molar-refractivity contribution is 7.99. The third kappa shape index (κ3) is 4.21. The first kappa shape index (κ1) is 13.1. The maximum absolute atomic E-state index is 9.37. The number of phenolic OH excluding ortho intramolecular Hbond substituents is 1. The fourth-order valence-electron chi connectivity index (χ4n) is 1.21. The van der Waals surface area contributed by atoms with Gasteiger partial charge in [-0.15, -0.1) is 0 Å². The number of fused-ring (bicyclic) bond motifs is 1. The molecule has 90 valence electrons. The van der Waals surface area contributed by atoms with Gasteiger partial charge in [-0.2, -0.15) is 8.42 Å². The molecule has 0 amide bonds. The van der Waals surface area contributed by atoms with Crippen LogP contribution in [0.3, 0.4) is 0 Å². The summed E-state index contributed by atoms with van der Waals surface area (Å²) >= 11 is 0. The third-order valence-corrected chi connectivity index (χ3v) is 2.13. The summed E-state index contributed by atoms with van der Waals surface area (Å²) in [5.74, 6) is 0.350. The van der Waals surface area contributed by atoms with Crippen molar-refractivity contribution in [2.45, 2.75) is 0 Å². The van der Waals surface area contributed by atoms with Crippen molar-refractivity contribution in [3.63, 3.8) is 0 Å². The van der Waals surface area contributed by atoms with Gasteiger partial charge in [-0.1, -0.05) is 36.4 Å². The summed E-state index contributed by atoms with van der Waals surface area (Å²) < 4.78 is 25.8. The number of hydrogen-bond acceptors (Lipinski definition) is 4. The third-order valence-electron chi connectivity index (χ3n) is 1.89. The summed E-state index contributed by atoms with van der Waals surface area (Å²) in [5.41, 5.74) is -0.535. The molecule has 2 aromatic carbocycles. The quantitative estimate of drug-likeness (QED) is 0.596. The van der Waals surface area contributed by atoms with Crippen molar-refractivity contribution in [1.29, 1.82) is 0 Å². The molecule has 0 saturated heterocycles. The summed E-state index contributed by atoms with van der Waals surface area (Å²) in [6.07, 6.45) is 0. The van der Waals surface area contributed by atoms with Crippen molar-refractivity contribution in [3.8, 4) is 5.75 Å². The van der Waals surface area contributed by atoms with Gasteiger partial charge in [0.15, 0.2) is 0 Å². The largest absolute Gasteiger partial charge is 0.507 e. The smallest absolute Gasteiger partial charge is 0.325 e. The van der Waals surface area contributed by atoms with Crippen LogP contribution in [0.5, 0.6) is 5.75 Å². The molecule has 0 fully saturated rings. The molecule has 0 aliphatic carbocycles. The van der Waals surface area contributed by atoms with Gasteiger partial charge in [0.2, 0.25) is 0 Å². The van der Waals surface area contributed by atoms with Crippen LogP contribution in [0.15, 0.2) is 42.5 Å². The van der Waals surface area contributed by atoms with Crippen molar-refractivity contribution in [3.05, 3.63) is 42.5 Å². The Bertz CT molecular complexity index is 602. The predicted molar refractivity (Wildman–Crippen MR) is 63.9 cm³/mol. The van der Waals surface area contributed by atoms with Crippen LogP contribution in [0.1, 0.15) is 0 Å². The number of benzene rings is 2. The van der Waals surface area contributed by atoms with Crippen molar-refractivity contribution in [2.75, 3.05) is 0 Å². The predicted octanol–water partition coefficient (Wildman–Crippen LogP) is 1.61. The summed E-state index contributed by atoms with van der Waals surface area (Å²) in [6.45, 7) is 0. The Hall–Kier alpha value is -1.92. The molecule has 0 atom stereocenters. The molecule has 0 aliphatic heterocycles. The Morgan fingerprint density at radius 2 is 1.53 bits per heavy atom. The fourth-order valence-corrected chi connectivity index (χ4v) is 1.21. The zero-order valence-corrected chi connectivity index (χ0v) is 9.46. The van der Waals surface area contributed by atoms with Gasteiger partial charge in [-0.25, -0.2) is 0 Å². The van der Waals surface area contributed by atoms with Crippen LogP contribution in [-0.4, -0.2) is 23.7 Å². The number of carbonyl (C=O) groups is 1. The van der Waals surface area contributed by atoms with E-state index in [0.717, 1.165) is 10.8 Å². The maximum Gasteiger partial charge on any atom is 0.325 e. The molecule has 2 rings (SSSR count). The first-order valence-corrected chi connectivity index (χ1v) is 6.04. The molecule has 2 aromatic rings. The lowest BCUT2D eigenvalue weighted by molar-refractivity contribution is 0.481. The van der Waals surface area contributed by atoms with Crippen LogP contribution in [0, 0.1) is 0 Å². The van der Waals surface area contributed by atoms with E-state index in [9.17, 15) is 13.5 Å². The summed E-state index contributed by atoms with van der Waals surface area (Å²) in [6, 6.07) is 13.3. The zero-order valence-electron chi connectivity index (χ0n) is 8.65. The molecular formula is C11H10O5S. The van der Waals surface area contributed by atoms with E-state index in [0.29, 0.717) is 5.75 Å². The molecule has 0 saturated carbocycles. The van der Waals surface area contributed by atoms with E-state index >= 15 is 0 Å². The number of aromatic hydroxyl groups is 1. The van der Waals surface area contributed by atoms with Gasteiger partial charge in [-0.3, -0.25) is 9.35 Å². The molecule has 2 N–H and O–H groups in total. The van der Waals surface area contributed by atoms with E-state index in [1.165, 1.54) is 0 Å². The van der Waals surface area contributed by atoms with Gasteiger partial charge in [0.05, 0.1) is 0 Å². The number of rotatable bonds is 1. The fraction of sp³-hybridized carbons (Fsp3) is 0. The van der Waals surface area contributed by atoms with E-state index in [4.69, 9.17) is 9.35 Å². The highest BCUT2D eigenvalue weighted by atomic mass is 32.2. The van der Waals surface area contributed by atoms with Crippen LogP contribution in [0.2, 0.25) is 0 Å². The molecule has 0 spiro atoms. The summed E-state index contributed by atoms with van der Waals surface area (Å²) in [4.78, 5) is 8.99. The molecule has 0 bridgehead atoms. The molecule has 5 nitrogen and oxygen atoms in total. The van der Waals surface area contributed by atoms with Gasteiger partial charge in [0, 0.05) is 5.39 Å². The molecule has 0 unspecified atom stereocenters. The Balaban J connectivity index is 0.000000209. The topological polar surface area (TPSA) is 91.7 Å². The highest BCUT2D eigenvalue weighted by Gasteiger charge is 1.95. The van der Waals surface area contributed by atoms with E-state index in [2.05, 4.69) is 0 Å². The van der Waals surface area contributed by atoms with Crippen molar-refractivity contribution >= 4 is 26.5 Å². The van der Waals surface area contributed by atoms with Crippen LogP contribution in [0.25, 0.3) is 10.8 Å². The first-order valence-electron chi connectivity index (χ1n) is 4.53. The lowest BCUT2D eigenvalue weighted by atomic mass is 10.1. The van der Waals surface area contributed by atoms with E-state index < -0.39 is 15.7 Å². The minimum atomic E-state index is -4.34. The monoisotopic (exact) mass is 254 g/mol. The van der Waals surface area contributed by atoms with E-state index in [1.54, 1.807) is 6.07 Å². The first-order chi connectivity index (χ1) is 7.94. The molecular weight excluding hydrogens is 244 g/mol. The molecule has 0 radical (unpaired) electrons. The molecule has 0 aliphatic rings. The lowest BCUT2D eigenvalue weighted by Crippen LogP contribution is -1.94. The normalized spacial score (nSPS) is 10.4. The Labute approximate surface area is 98.1 Å². The van der Waals surface area contributed by atoms with Crippen molar-refractivity contribution in [1.82, 2.24) is 0 Å². The molecule has 0 aromatic heterocycles. The van der Waals surface area contributed by atoms with Crippen LogP contribution in [0.4, 0.5) is 0 Å². The molecule has 17 heavy (non-hydrogen) atoms. The maximum atomic E-state index is 9.37. The van der Waals surface area contributed by atoms with Crippen LogP contribution in [-0.2, 0) is 14.9 Å². The number of hydrogen-bond donors (Lipinski definition) is 2. The average Bonchev–Trinajstić information content (AvgIpc) is 2.30. The minimum Gasteiger partial charge on any atom is -0.507 e. The SMILES string of the molecule is O=CS(=O)(=O)O.Oc1cccc2ccccc12. The van der Waals surface area contributed by atoms with Crippen LogP contribution < -0.4 is 0 Å². The van der Waals surface area contributed by atoms with Gasteiger partial charge >= 0.3 is 10.1 Å².